The molecule has 2 aliphatic rings. The second-order valence-corrected chi connectivity index (χ2v) is 14.1. The summed E-state index contributed by atoms with van der Waals surface area (Å²) >= 11 is 6.06. The summed E-state index contributed by atoms with van der Waals surface area (Å²) in [6.07, 6.45) is 4.89. The van der Waals surface area contributed by atoms with E-state index in [1.54, 1.807) is 12.1 Å². The lowest BCUT2D eigenvalue weighted by Gasteiger charge is -2.34. The zero-order chi connectivity index (χ0) is 31.4. The Morgan fingerprint density at radius 1 is 1.09 bits per heavy atom. The molecule has 1 aliphatic heterocycles. The maximum absolute atomic E-state index is 14.3. The first-order chi connectivity index (χ1) is 21.0. The molecule has 11 heteroatoms. The predicted molar refractivity (Wildman–Crippen MR) is 194 cm³/mol. The van der Waals surface area contributed by atoms with Crippen LogP contribution in [0.25, 0.3) is 0 Å². The number of likely N-dealkylation sites (N-methyl/N-ethyl adjacent to an activating group) is 1. The van der Waals surface area contributed by atoms with E-state index in [2.05, 4.69) is 32.6 Å². The highest BCUT2D eigenvalue weighted by Gasteiger charge is 2.39. The molecule has 3 atom stereocenters. The van der Waals surface area contributed by atoms with Gasteiger partial charge in [-0.05, 0) is 120 Å². The zero-order valence-corrected chi connectivity index (χ0v) is 31.3. The number of esters is 1. The van der Waals surface area contributed by atoms with Crippen LogP contribution in [0.2, 0.25) is 5.02 Å². The monoisotopic (exact) mass is 731 g/mol. The maximum atomic E-state index is 14.3. The fourth-order valence-corrected chi connectivity index (χ4v) is 6.85. The number of halogens is 5. The molecule has 1 saturated heterocycles. The number of rotatable bonds is 10. The number of piperidine rings is 1. The molecule has 3 aromatic rings. The van der Waals surface area contributed by atoms with Crippen LogP contribution in [0.4, 0.5) is 4.39 Å². The van der Waals surface area contributed by atoms with Crippen molar-refractivity contribution < 1.29 is 18.3 Å². The maximum Gasteiger partial charge on any atom is 0.320 e. The summed E-state index contributed by atoms with van der Waals surface area (Å²) in [4.78, 5) is 22.2. The van der Waals surface area contributed by atoms with Crippen molar-refractivity contribution in [3.05, 3.63) is 87.8 Å². The van der Waals surface area contributed by atoms with Crippen molar-refractivity contribution in [2.24, 2.45) is 5.92 Å². The molecular weight excluding hydrogens is 683 g/mol. The lowest BCUT2D eigenvalue weighted by atomic mass is 9.87. The van der Waals surface area contributed by atoms with Gasteiger partial charge in [0.15, 0.2) is 5.89 Å². The van der Waals surface area contributed by atoms with E-state index in [0.29, 0.717) is 12.3 Å². The molecule has 0 unspecified atom stereocenters. The van der Waals surface area contributed by atoms with E-state index >= 15 is 0 Å². The quantitative estimate of drug-likeness (QED) is 0.194. The Kier molecular flexibility index (Phi) is 16.0. The van der Waals surface area contributed by atoms with Gasteiger partial charge in [-0.15, -0.1) is 37.2 Å². The minimum absolute atomic E-state index is 0. The number of hydrogen-bond donors (Lipinski definition) is 0. The number of nitrogens with zero attached hydrogens (tertiary/aromatic N) is 3. The number of aromatic nitrogens is 1. The third-order valence-corrected chi connectivity index (χ3v) is 9.82. The Bertz CT molecular complexity index is 1410. The van der Waals surface area contributed by atoms with Crippen LogP contribution in [0.15, 0.2) is 52.9 Å². The van der Waals surface area contributed by atoms with Crippen LogP contribution in [0.3, 0.4) is 0 Å². The van der Waals surface area contributed by atoms with Crippen LogP contribution in [0.5, 0.6) is 0 Å². The number of benzene rings is 2. The Morgan fingerprint density at radius 2 is 1.77 bits per heavy atom. The van der Waals surface area contributed by atoms with Gasteiger partial charge in [0.2, 0.25) is 0 Å². The van der Waals surface area contributed by atoms with E-state index in [9.17, 15) is 9.18 Å². The van der Waals surface area contributed by atoms with E-state index in [4.69, 9.17) is 25.7 Å². The Balaban J connectivity index is 0.00000256. The van der Waals surface area contributed by atoms with Crippen molar-refractivity contribution in [2.75, 3.05) is 33.2 Å². The average molecular weight is 734 g/mol. The molecule has 0 N–H and O–H groups in total. The van der Waals surface area contributed by atoms with Gasteiger partial charge in [-0.2, -0.15) is 0 Å². The fraction of sp³-hybridized carbons (Fsp3) is 0.556. The first-order valence-corrected chi connectivity index (χ1v) is 16.5. The number of oxazole rings is 1. The topological polar surface area (TPSA) is 58.8 Å². The van der Waals surface area contributed by atoms with Crippen LogP contribution in [-0.4, -0.2) is 65.6 Å². The van der Waals surface area contributed by atoms with Gasteiger partial charge in [-0.25, -0.2) is 9.37 Å². The molecule has 1 saturated carbocycles. The van der Waals surface area contributed by atoms with Gasteiger partial charge in [-0.3, -0.25) is 9.69 Å². The number of carbonyl (C=O) groups excluding carboxylic acids is 1. The minimum atomic E-state index is -0.219. The van der Waals surface area contributed by atoms with Crippen molar-refractivity contribution >= 4 is 54.8 Å². The van der Waals surface area contributed by atoms with E-state index in [0.717, 1.165) is 85.2 Å². The molecule has 0 amide bonds. The second kappa shape index (κ2) is 18.2. The van der Waals surface area contributed by atoms with Gasteiger partial charge in [0.1, 0.15) is 17.7 Å². The van der Waals surface area contributed by atoms with Gasteiger partial charge in [0.05, 0.1) is 12.2 Å². The normalized spacial score (nSPS) is 20.3. The fourth-order valence-electron chi connectivity index (χ4n) is 6.72. The molecule has 6 nitrogen and oxygen atoms in total. The molecule has 2 aromatic carbocycles. The van der Waals surface area contributed by atoms with Crippen molar-refractivity contribution in [1.82, 2.24) is 14.8 Å². The molecule has 47 heavy (non-hydrogen) atoms. The first kappa shape index (κ1) is 41.3. The summed E-state index contributed by atoms with van der Waals surface area (Å²) in [7, 11) is 1.95. The van der Waals surface area contributed by atoms with Crippen LogP contribution >= 0.6 is 48.8 Å². The van der Waals surface area contributed by atoms with Gasteiger partial charge >= 0.3 is 5.97 Å². The van der Waals surface area contributed by atoms with Crippen molar-refractivity contribution in [3.63, 3.8) is 0 Å². The number of hydrogen-bond acceptors (Lipinski definition) is 6. The van der Waals surface area contributed by atoms with E-state index in [1.807, 2.05) is 42.3 Å². The predicted octanol–water partition coefficient (Wildman–Crippen LogP) is 8.90. The molecular formula is C36H50Cl4FN3O3. The molecule has 262 valence electrons. The molecule has 0 radical (unpaired) electrons. The van der Waals surface area contributed by atoms with E-state index in [1.165, 1.54) is 6.07 Å². The highest BCUT2D eigenvalue weighted by atomic mass is 35.5. The van der Waals surface area contributed by atoms with Crippen LogP contribution in [0.1, 0.15) is 93.7 Å². The Morgan fingerprint density at radius 3 is 2.38 bits per heavy atom. The molecule has 5 rings (SSSR count). The molecule has 2 heterocycles. The molecule has 1 aliphatic carbocycles. The van der Waals surface area contributed by atoms with Crippen molar-refractivity contribution in [1.29, 1.82) is 0 Å². The summed E-state index contributed by atoms with van der Waals surface area (Å²) < 4.78 is 26.6. The summed E-state index contributed by atoms with van der Waals surface area (Å²) in [6, 6.07) is 14.8. The summed E-state index contributed by atoms with van der Waals surface area (Å²) in [5, 5.41) is 0.725. The lowest BCUT2D eigenvalue weighted by molar-refractivity contribution is -0.151. The van der Waals surface area contributed by atoms with Crippen LogP contribution in [0, 0.1) is 11.7 Å². The first-order valence-electron chi connectivity index (χ1n) is 16.1. The van der Waals surface area contributed by atoms with Gasteiger partial charge in [0.25, 0.3) is 0 Å². The summed E-state index contributed by atoms with van der Waals surface area (Å²) in [5.41, 5.74) is 3.08. The molecule has 0 bridgehead atoms. The Hall–Kier alpha value is -1.87. The number of carbonyl (C=O) groups is 1. The lowest BCUT2D eigenvalue weighted by Crippen LogP contribution is -2.42. The van der Waals surface area contributed by atoms with Crippen molar-refractivity contribution in [2.45, 2.75) is 89.7 Å². The van der Waals surface area contributed by atoms with Gasteiger partial charge < -0.3 is 14.1 Å². The van der Waals surface area contributed by atoms with E-state index in [-0.39, 0.29) is 79.0 Å². The second-order valence-electron chi connectivity index (χ2n) is 13.7. The average Bonchev–Trinajstić information content (AvgIpc) is 3.57. The highest BCUT2D eigenvalue weighted by Crippen LogP contribution is 2.43. The smallest absolute Gasteiger partial charge is 0.320 e. The summed E-state index contributed by atoms with van der Waals surface area (Å²) in [5.74, 6) is 2.18. The molecule has 1 aromatic heterocycles. The Labute approximate surface area is 303 Å². The van der Waals surface area contributed by atoms with Crippen molar-refractivity contribution in [3.8, 4) is 0 Å². The minimum Gasteiger partial charge on any atom is -0.461 e. The van der Waals surface area contributed by atoms with Gasteiger partial charge in [-0.1, -0.05) is 42.8 Å². The van der Waals surface area contributed by atoms with Crippen LogP contribution in [-0.2, 0) is 22.4 Å². The largest absolute Gasteiger partial charge is 0.461 e. The highest BCUT2D eigenvalue weighted by molar-refractivity contribution is 6.30. The molecule has 2 fully saturated rings. The standard InChI is InChI=1S/C36H47ClFN3O3.3ClH/c1-6-32-35(44-33(39-32)18-24-10-12-28(37)13-11-24)25-14-16-41(17-15-25)22-27-20-30(43-34(42)23-40(5)36(2,3)4)21-31(27)26-8-7-9-29(38)19-26;;;/h7-13,19,25,27,30-31H,6,14-18,20-23H2,1-5H3;3*1H/t27-,30+,31-;;;/m1.../s1. The zero-order valence-electron chi connectivity index (χ0n) is 28.0. The third-order valence-electron chi connectivity index (χ3n) is 9.56. The van der Waals surface area contributed by atoms with E-state index < -0.39 is 0 Å². The van der Waals surface area contributed by atoms with Crippen LogP contribution < -0.4 is 0 Å². The number of likely N-dealkylation sites (tertiary alicyclic amines) is 1. The molecule has 0 spiro atoms. The summed E-state index contributed by atoms with van der Waals surface area (Å²) in [6.45, 7) is 11.5. The number of aryl methyl sites for hydroxylation is 1. The third kappa shape index (κ3) is 11.1. The van der Waals surface area contributed by atoms with Gasteiger partial charge in [0, 0.05) is 29.4 Å². The SMILES string of the molecule is CCc1nc(Cc2ccc(Cl)cc2)oc1C1CCN(C[C@H]2C[C@H](OC(=O)CN(C)C(C)(C)C)C[C@@H]2c2cccc(F)c2)CC1.Cl.Cl.Cl. The number of ether oxygens (including phenoxy) is 1.